The Labute approximate surface area is 156 Å². The van der Waals surface area contributed by atoms with Crippen LogP contribution in [0.15, 0.2) is 40.4 Å². The zero-order valence-electron chi connectivity index (χ0n) is 13.3. The van der Waals surface area contributed by atoms with Gasteiger partial charge in [0.15, 0.2) is 12.7 Å². The lowest BCUT2D eigenvalue weighted by atomic mass is 10.0. The lowest BCUT2D eigenvalue weighted by Crippen LogP contribution is -2.68. The number of carbonyl (C=O) groups is 2. The molecule has 130 valence electrons. The van der Waals surface area contributed by atoms with E-state index < -0.39 is 12.0 Å². The quantitative estimate of drug-likeness (QED) is 0.564. The average molecular weight is 424 g/mol. The third-order valence-corrected chi connectivity index (χ3v) is 6.72. The lowest BCUT2D eigenvalue weighted by molar-refractivity contribution is -0.694. The summed E-state index contributed by atoms with van der Waals surface area (Å²) in [4.78, 5) is 25.1. The molecule has 2 aromatic rings. The summed E-state index contributed by atoms with van der Waals surface area (Å²) < 4.78 is 4.98. The number of carbonyl (C=O) groups excluding carboxylic acids is 1. The van der Waals surface area contributed by atoms with E-state index in [1.165, 1.54) is 16.7 Å². The van der Waals surface area contributed by atoms with E-state index in [0.29, 0.717) is 12.3 Å². The van der Waals surface area contributed by atoms with Crippen molar-refractivity contribution in [2.75, 3.05) is 5.75 Å². The SMILES string of the molecule is Cc1c2ccc(Br)n2cc[n+]1CC1=C(C(=O)O)N2C(=O)C(N)[C@H]2SC1. The van der Waals surface area contributed by atoms with Gasteiger partial charge in [-0.3, -0.25) is 14.1 Å². The number of aryl methyl sites for hydroxylation is 1. The number of carboxylic acids is 1. The van der Waals surface area contributed by atoms with E-state index in [0.717, 1.165) is 21.4 Å². The van der Waals surface area contributed by atoms with Crippen molar-refractivity contribution in [3.63, 3.8) is 0 Å². The predicted octanol–water partition coefficient (Wildman–Crippen LogP) is 0.879. The van der Waals surface area contributed by atoms with Crippen molar-refractivity contribution in [1.29, 1.82) is 0 Å². The molecule has 2 aliphatic rings. The summed E-state index contributed by atoms with van der Waals surface area (Å²) in [6.45, 7) is 2.41. The molecule has 1 fully saturated rings. The first kappa shape index (κ1) is 16.6. The maximum Gasteiger partial charge on any atom is 0.352 e. The van der Waals surface area contributed by atoms with Crippen molar-refractivity contribution >= 4 is 45.1 Å². The number of carboxylic acid groups (broad SMARTS) is 1. The zero-order chi connectivity index (χ0) is 17.9. The van der Waals surface area contributed by atoms with Crippen LogP contribution in [-0.2, 0) is 16.1 Å². The maximum atomic E-state index is 12.0. The molecule has 3 N–H and O–H groups in total. The van der Waals surface area contributed by atoms with Crippen LogP contribution in [0.3, 0.4) is 0 Å². The van der Waals surface area contributed by atoms with Crippen LogP contribution in [-0.4, -0.2) is 43.5 Å². The number of hydrogen-bond donors (Lipinski definition) is 2. The van der Waals surface area contributed by atoms with Crippen molar-refractivity contribution in [2.45, 2.75) is 24.9 Å². The van der Waals surface area contributed by atoms with Crippen molar-refractivity contribution in [3.05, 3.63) is 46.1 Å². The smallest absolute Gasteiger partial charge is 0.352 e. The van der Waals surface area contributed by atoms with Crippen LogP contribution in [0.4, 0.5) is 0 Å². The normalized spacial score (nSPS) is 23.0. The number of aliphatic carboxylic acids is 1. The number of fused-ring (bicyclic) bond motifs is 2. The first-order valence-corrected chi connectivity index (χ1v) is 9.55. The number of β-lactam (4-membered cyclic amide) rings is 1. The van der Waals surface area contributed by atoms with Gasteiger partial charge in [-0.2, -0.15) is 4.57 Å². The predicted molar refractivity (Wildman–Crippen MR) is 95.8 cm³/mol. The number of aromatic nitrogens is 2. The van der Waals surface area contributed by atoms with E-state index in [2.05, 4.69) is 15.9 Å². The van der Waals surface area contributed by atoms with Crippen LogP contribution in [0.25, 0.3) is 5.52 Å². The number of nitrogens with two attached hydrogens (primary N) is 1. The number of thioether (sulfide) groups is 1. The van der Waals surface area contributed by atoms with Gasteiger partial charge in [0.05, 0.1) is 10.8 Å². The summed E-state index contributed by atoms with van der Waals surface area (Å²) in [5.41, 5.74) is 8.64. The third kappa shape index (κ3) is 2.41. The molecule has 1 saturated heterocycles. The van der Waals surface area contributed by atoms with E-state index >= 15 is 0 Å². The Morgan fingerprint density at radius 3 is 3.00 bits per heavy atom. The molecular formula is C16H16BrN4O3S+. The topological polar surface area (TPSA) is 91.9 Å². The summed E-state index contributed by atoms with van der Waals surface area (Å²) in [5, 5.41) is 9.37. The number of nitrogens with zero attached hydrogens (tertiary/aromatic N) is 3. The van der Waals surface area contributed by atoms with Gasteiger partial charge in [-0.25, -0.2) is 4.79 Å². The lowest BCUT2D eigenvalue weighted by Gasteiger charge is -2.47. The molecule has 2 atom stereocenters. The minimum Gasteiger partial charge on any atom is -0.477 e. The fraction of sp³-hybridized carbons (Fsp3) is 0.312. The molecule has 1 unspecified atom stereocenters. The highest BCUT2D eigenvalue weighted by Gasteiger charge is 2.52. The monoisotopic (exact) mass is 423 g/mol. The zero-order valence-corrected chi connectivity index (χ0v) is 15.7. The van der Waals surface area contributed by atoms with Gasteiger partial charge < -0.3 is 10.8 Å². The summed E-state index contributed by atoms with van der Waals surface area (Å²) in [5.74, 6) is -0.850. The Bertz CT molecular complexity index is 954. The third-order valence-electron chi connectivity index (χ3n) is 4.72. The molecule has 1 amide bonds. The van der Waals surface area contributed by atoms with Crippen LogP contribution < -0.4 is 10.3 Å². The molecule has 2 aromatic heterocycles. The summed E-state index contributed by atoms with van der Waals surface area (Å²) >= 11 is 5.01. The Kier molecular flexibility index (Phi) is 3.89. The number of halogens is 1. The first-order valence-electron chi connectivity index (χ1n) is 7.71. The second-order valence-electron chi connectivity index (χ2n) is 6.12. The standard InChI is InChI=1S/C16H15BrN4O3S/c1-8-10-2-3-11(17)20(10)5-4-19(8)6-9-7-25-15-12(18)14(22)21(15)13(9)16(23)24/h2-5,12,15H,6-7,18H2,1H3/p+1/t12?,15-/m1/s1. The van der Waals surface area contributed by atoms with Gasteiger partial charge in [-0.15, -0.1) is 11.8 Å². The van der Waals surface area contributed by atoms with E-state index in [9.17, 15) is 14.7 Å². The van der Waals surface area contributed by atoms with Crippen LogP contribution in [0.5, 0.6) is 0 Å². The molecule has 0 aromatic carbocycles. The summed E-state index contributed by atoms with van der Waals surface area (Å²) in [7, 11) is 0. The number of rotatable bonds is 3. The minimum atomic E-state index is -1.08. The molecule has 0 aliphatic carbocycles. The Morgan fingerprint density at radius 1 is 1.52 bits per heavy atom. The van der Waals surface area contributed by atoms with Gasteiger partial charge in [0, 0.05) is 18.2 Å². The Morgan fingerprint density at radius 2 is 2.28 bits per heavy atom. The van der Waals surface area contributed by atoms with Crippen LogP contribution in [0.2, 0.25) is 0 Å². The largest absolute Gasteiger partial charge is 0.477 e. The van der Waals surface area contributed by atoms with Crippen molar-refractivity contribution in [2.24, 2.45) is 5.73 Å². The molecule has 0 radical (unpaired) electrons. The highest BCUT2D eigenvalue weighted by molar-refractivity contribution is 9.10. The maximum absolute atomic E-state index is 12.0. The van der Waals surface area contributed by atoms with Gasteiger partial charge in [0.1, 0.15) is 22.6 Å². The Balaban J connectivity index is 1.75. The van der Waals surface area contributed by atoms with Crippen molar-refractivity contribution < 1.29 is 19.3 Å². The molecular weight excluding hydrogens is 408 g/mol. The van der Waals surface area contributed by atoms with Gasteiger partial charge in [0.2, 0.25) is 11.6 Å². The minimum absolute atomic E-state index is 0.0822. The molecule has 2 aliphatic heterocycles. The Hall–Kier alpha value is -1.84. The highest BCUT2D eigenvalue weighted by atomic mass is 79.9. The van der Waals surface area contributed by atoms with Crippen molar-refractivity contribution in [3.8, 4) is 0 Å². The number of amides is 1. The highest BCUT2D eigenvalue weighted by Crippen LogP contribution is 2.39. The molecule has 4 rings (SSSR count). The molecule has 0 spiro atoms. The second-order valence-corrected chi connectivity index (χ2v) is 8.03. The average Bonchev–Trinajstić information content (AvgIpc) is 2.97. The van der Waals surface area contributed by atoms with E-state index in [-0.39, 0.29) is 17.0 Å². The molecule has 0 bridgehead atoms. The van der Waals surface area contributed by atoms with E-state index in [4.69, 9.17) is 5.73 Å². The van der Waals surface area contributed by atoms with Crippen molar-refractivity contribution in [1.82, 2.24) is 9.30 Å². The fourth-order valence-corrected chi connectivity index (χ4v) is 5.08. The van der Waals surface area contributed by atoms with Crippen LogP contribution >= 0.6 is 27.7 Å². The van der Waals surface area contributed by atoms with E-state index in [1.54, 1.807) is 0 Å². The van der Waals surface area contributed by atoms with Crippen LogP contribution in [0, 0.1) is 6.92 Å². The molecule has 4 heterocycles. The first-order chi connectivity index (χ1) is 11.9. The van der Waals surface area contributed by atoms with Gasteiger partial charge in [-0.1, -0.05) is 0 Å². The van der Waals surface area contributed by atoms with E-state index in [1.807, 2.05) is 40.4 Å². The van der Waals surface area contributed by atoms with Gasteiger partial charge in [-0.05, 0) is 28.1 Å². The fourth-order valence-electron chi connectivity index (χ4n) is 3.35. The van der Waals surface area contributed by atoms with Crippen LogP contribution in [0.1, 0.15) is 5.69 Å². The second kappa shape index (κ2) is 5.86. The molecule has 25 heavy (non-hydrogen) atoms. The molecule has 0 saturated carbocycles. The van der Waals surface area contributed by atoms with Gasteiger partial charge in [0.25, 0.3) is 0 Å². The number of hydrogen-bond acceptors (Lipinski definition) is 4. The summed E-state index contributed by atoms with van der Waals surface area (Å²) in [6, 6.07) is 3.37. The van der Waals surface area contributed by atoms with Gasteiger partial charge >= 0.3 is 5.97 Å². The molecule has 9 heteroatoms. The summed E-state index contributed by atoms with van der Waals surface area (Å²) in [6.07, 6.45) is 3.84. The molecule has 7 nitrogen and oxygen atoms in total.